The average molecular weight is 330 g/mol. The fourth-order valence-corrected chi connectivity index (χ4v) is 3.19. The number of carboxylic acids is 1. The molecular weight excluding hydrogens is 318 g/mol. The van der Waals surface area contributed by atoms with E-state index >= 15 is 0 Å². The summed E-state index contributed by atoms with van der Waals surface area (Å²) in [4.78, 5) is 14.2. The van der Waals surface area contributed by atoms with Gasteiger partial charge in [-0.15, -0.1) is 11.3 Å². The topological polar surface area (TPSA) is 53.7 Å². The van der Waals surface area contributed by atoms with Gasteiger partial charge in [-0.3, -0.25) is 4.90 Å². The first-order valence-electron chi connectivity index (χ1n) is 5.27. The number of nitrogens with zero attached hydrogens (tertiary/aromatic N) is 1. The van der Waals surface area contributed by atoms with Crippen LogP contribution in [0.3, 0.4) is 0 Å². The zero-order valence-electron chi connectivity index (χ0n) is 9.72. The predicted octanol–water partition coefficient (Wildman–Crippen LogP) is 3.43. The van der Waals surface area contributed by atoms with Crippen LogP contribution in [-0.4, -0.2) is 23.0 Å². The number of carboxylic acid groups (broad SMARTS) is 1. The predicted molar refractivity (Wildman–Crippen MR) is 72.9 cm³/mol. The van der Waals surface area contributed by atoms with Crippen LogP contribution < -0.4 is 0 Å². The van der Waals surface area contributed by atoms with Gasteiger partial charge in [0.1, 0.15) is 11.3 Å². The summed E-state index contributed by atoms with van der Waals surface area (Å²) in [6, 6.07) is 3.54. The van der Waals surface area contributed by atoms with Crippen molar-refractivity contribution in [1.29, 1.82) is 0 Å². The van der Waals surface area contributed by atoms with Crippen LogP contribution in [-0.2, 0) is 13.1 Å². The van der Waals surface area contributed by atoms with Gasteiger partial charge in [0.15, 0.2) is 0 Å². The molecule has 2 aromatic rings. The Hall–Kier alpha value is -1.11. The Labute approximate surface area is 117 Å². The number of halogens is 1. The van der Waals surface area contributed by atoms with Gasteiger partial charge >= 0.3 is 5.97 Å². The number of aromatic carboxylic acids is 1. The lowest BCUT2D eigenvalue weighted by Gasteiger charge is -2.14. The minimum Gasteiger partial charge on any atom is -0.478 e. The SMILES string of the molecule is CN(Cc1cc(Br)cs1)Cc1occc1C(=O)O. The quantitative estimate of drug-likeness (QED) is 0.912. The molecule has 2 heterocycles. The highest BCUT2D eigenvalue weighted by Gasteiger charge is 2.15. The molecule has 0 aliphatic carbocycles. The molecule has 0 amide bonds. The second-order valence-corrected chi connectivity index (χ2v) is 5.88. The number of furan rings is 1. The van der Waals surface area contributed by atoms with E-state index in [0.29, 0.717) is 12.3 Å². The van der Waals surface area contributed by atoms with Gasteiger partial charge in [0.25, 0.3) is 0 Å². The van der Waals surface area contributed by atoms with Crippen LogP contribution >= 0.6 is 27.3 Å². The zero-order chi connectivity index (χ0) is 13.1. The molecule has 0 aromatic carbocycles. The van der Waals surface area contributed by atoms with E-state index in [-0.39, 0.29) is 5.56 Å². The maximum Gasteiger partial charge on any atom is 0.339 e. The largest absolute Gasteiger partial charge is 0.478 e. The fraction of sp³-hybridized carbons (Fsp3) is 0.250. The molecule has 0 radical (unpaired) electrons. The Morgan fingerprint density at radius 2 is 2.33 bits per heavy atom. The third-order valence-corrected chi connectivity index (χ3v) is 4.12. The highest BCUT2D eigenvalue weighted by atomic mass is 79.9. The number of rotatable bonds is 5. The third-order valence-electron chi connectivity index (χ3n) is 2.44. The lowest BCUT2D eigenvalue weighted by molar-refractivity contribution is 0.0693. The van der Waals surface area contributed by atoms with Crippen LogP contribution in [0.4, 0.5) is 0 Å². The highest BCUT2D eigenvalue weighted by Crippen LogP contribution is 2.22. The Bertz CT molecular complexity index is 549. The van der Waals surface area contributed by atoms with E-state index in [1.54, 1.807) is 11.3 Å². The van der Waals surface area contributed by atoms with Gasteiger partial charge in [-0.25, -0.2) is 4.79 Å². The molecule has 0 unspecified atom stereocenters. The smallest absolute Gasteiger partial charge is 0.339 e. The fourth-order valence-electron chi connectivity index (χ4n) is 1.66. The van der Waals surface area contributed by atoms with Crippen LogP contribution in [0, 0.1) is 0 Å². The molecule has 1 N–H and O–H groups in total. The van der Waals surface area contributed by atoms with Gasteiger partial charge in [-0.05, 0) is 35.1 Å². The highest BCUT2D eigenvalue weighted by molar-refractivity contribution is 9.10. The molecule has 18 heavy (non-hydrogen) atoms. The molecular formula is C12H12BrNO3S. The van der Waals surface area contributed by atoms with Crippen LogP contribution in [0.2, 0.25) is 0 Å². The van der Waals surface area contributed by atoms with Crippen molar-refractivity contribution in [2.75, 3.05) is 7.05 Å². The molecule has 0 atom stereocenters. The molecule has 6 heteroatoms. The second kappa shape index (κ2) is 5.69. The number of hydrogen-bond donors (Lipinski definition) is 1. The van der Waals surface area contributed by atoms with E-state index < -0.39 is 5.97 Å². The van der Waals surface area contributed by atoms with E-state index in [9.17, 15) is 4.79 Å². The molecule has 2 aromatic heterocycles. The van der Waals surface area contributed by atoms with Crippen molar-refractivity contribution in [2.24, 2.45) is 0 Å². The Morgan fingerprint density at radius 1 is 1.56 bits per heavy atom. The third kappa shape index (κ3) is 3.22. The van der Waals surface area contributed by atoms with Crippen molar-refractivity contribution in [3.63, 3.8) is 0 Å². The van der Waals surface area contributed by atoms with E-state index in [1.807, 2.05) is 17.3 Å². The minimum atomic E-state index is -0.953. The lowest BCUT2D eigenvalue weighted by Crippen LogP contribution is -2.17. The zero-order valence-corrected chi connectivity index (χ0v) is 12.1. The maximum absolute atomic E-state index is 10.9. The second-order valence-electron chi connectivity index (χ2n) is 3.97. The molecule has 0 aliphatic rings. The van der Waals surface area contributed by atoms with Crippen LogP contribution in [0.1, 0.15) is 21.0 Å². The number of carbonyl (C=O) groups is 1. The Morgan fingerprint density at radius 3 is 2.94 bits per heavy atom. The summed E-state index contributed by atoms with van der Waals surface area (Å²) in [5.74, 6) is -0.466. The Kier molecular flexibility index (Phi) is 4.21. The molecule has 4 nitrogen and oxygen atoms in total. The van der Waals surface area contributed by atoms with Crippen LogP contribution in [0.25, 0.3) is 0 Å². The first-order valence-corrected chi connectivity index (χ1v) is 6.94. The summed E-state index contributed by atoms with van der Waals surface area (Å²) in [5, 5.41) is 11.0. The molecule has 0 bridgehead atoms. The average Bonchev–Trinajstić information content (AvgIpc) is 2.87. The first kappa shape index (κ1) is 13.3. The number of hydrogen-bond acceptors (Lipinski definition) is 4. The van der Waals surface area contributed by atoms with Gasteiger partial charge in [0.05, 0.1) is 12.8 Å². The van der Waals surface area contributed by atoms with E-state index in [0.717, 1.165) is 11.0 Å². The summed E-state index contributed by atoms with van der Waals surface area (Å²) in [6.45, 7) is 1.24. The van der Waals surface area contributed by atoms with Gasteiger partial charge < -0.3 is 9.52 Å². The van der Waals surface area contributed by atoms with Gasteiger partial charge in [-0.2, -0.15) is 0 Å². The molecule has 0 spiro atoms. The van der Waals surface area contributed by atoms with Crippen molar-refractivity contribution >= 4 is 33.2 Å². The van der Waals surface area contributed by atoms with Crippen molar-refractivity contribution < 1.29 is 14.3 Å². The molecule has 0 aliphatic heterocycles. The Balaban J connectivity index is 2.00. The van der Waals surface area contributed by atoms with E-state index in [1.165, 1.54) is 17.2 Å². The molecule has 2 rings (SSSR count). The van der Waals surface area contributed by atoms with Crippen LogP contribution in [0.5, 0.6) is 0 Å². The summed E-state index contributed by atoms with van der Waals surface area (Å²) < 4.78 is 6.28. The minimum absolute atomic E-state index is 0.231. The standard InChI is InChI=1S/C12H12BrNO3S/c1-14(5-9-4-8(13)7-18-9)6-11-10(12(15)16)2-3-17-11/h2-4,7H,5-6H2,1H3,(H,15,16). The summed E-state index contributed by atoms with van der Waals surface area (Å²) in [5.41, 5.74) is 0.231. The summed E-state index contributed by atoms with van der Waals surface area (Å²) in [6.07, 6.45) is 1.41. The maximum atomic E-state index is 10.9. The van der Waals surface area contributed by atoms with Gasteiger partial charge in [-0.1, -0.05) is 0 Å². The molecule has 96 valence electrons. The number of thiophene rings is 1. The van der Waals surface area contributed by atoms with Crippen LogP contribution in [0.15, 0.2) is 32.7 Å². The molecule has 0 saturated carbocycles. The van der Waals surface area contributed by atoms with Crippen molar-refractivity contribution in [2.45, 2.75) is 13.1 Å². The van der Waals surface area contributed by atoms with E-state index in [4.69, 9.17) is 9.52 Å². The van der Waals surface area contributed by atoms with E-state index in [2.05, 4.69) is 22.0 Å². The van der Waals surface area contributed by atoms with Crippen molar-refractivity contribution in [1.82, 2.24) is 4.90 Å². The van der Waals surface area contributed by atoms with Gasteiger partial charge in [0.2, 0.25) is 0 Å². The van der Waals surface area contributed by atoms with Crippen molar-refractivity contribution in [3.05, 3.63) is 44.4 Å². The summed E-state index contributed by atoms with van der Waals surface area (Å²) in [7, 11) is 1.93. The first-order chi connectivity index (χ1) is 8.56. The molecule has 0 fully saturated rings. The normalized spacial score (nSPS) is 11.1. The van der Waals surface area contributed by atoms with Crippen molar-refractivity contribution in [3.8, 4) is 0 Å². The van der Waals surface area contributed by atoms with Gasteiger partial charge in [0, 0.05) is 21.3 Å². The molecule has 0 saturated heterocycles. The lowest BCUT2D eigenvalue weighted by atomic mass is 10.2. The monoisotopic (exact) mass is 329 g/mol. The summed E-state index contributed by atoms with van der Waals surface area (Å²) >= 11 is 5.07.